The van der Waals surface area contributed by atoms with Gasteiger partial charge in [0, 0.05) is 13.1 Å². The summed E-state index contributed by atoms with van der Waals surface area (Å²) < 4.78 is 50.3. The molecule has 3 heterocycles. The van der Waals surface area contributed by atoms with Gasteiger partial charge in [0.25, 0.3) is 5.82 Å². The molecule has 0 radical (unpaired) electrons. The third kappa shape index (κ3) is 4.00. The maximum atomic E-state index is 13.1. The predicted molar refractivity (Wildman–Crippen MR) is 99.4 cm³/mol. The van der Waals surface area contributed by atoms with Crippen molar-refractivity contribution in [1.29, 1.82) is 0 Å². The van der Waals surface area contributed by atoms with Crippen molar-refractivity contribution in [1.82, 2.24) is 19.8 Å². The lowest BCUT2D eigenvalue weighted by atomic mass is 9.97. The highest BCUT2D eigenvalue weighted by molar-refractivity contribution is 5.75. The van der Waals surface area contributed by atoms with Crippen LogP contribution >= 0.6 is 0 Å². The number of hydrogen-bond donors (Lipinski definition) is 0. The molecule has 0 unspecified atom stereocenters. The number of halogens is 3. The van der Waals surface area contributed by atoms with Crippen LogP contribution in [0, 0.1) is 5.92 Å². The van der Waals surface area contributed by atoms with Crippen LogP contribution in [-0.4, -0.2) is 46.0 Å². The summed E-state index contributed by atoms with van der Waals surface area (Å²) in [4.78, 5) is 14.3. The molecule has 0 saturated carbocycles. The van der Waals surface area contributed by atoms with Crippen LogP contribution in [0.25, 0.3) is 5.65 Å². The molecule has 3 aromatic rings. The zero-order chi connectivity index (χ0) is 21.3. The number of rotatable bonds is 4. The first-order valence-corrected chi connectivity index (χ1v) is 9.25. The summed E-state index contributed by atoms with van der Waals surface area (Å²) in [6.07, 6.45) is -3.64. The Balaban J connectivity index is 1.41. The van der Waals surface area contributed by atoms with Gasteiger partial charge in [0.2, 0.25) is 0 Å². The van der Waals surface area contributed by atoms with Crippen LogP contribution in [0.4, 0.5) is 19.0 Å². The van der Waals surface area contributed by atoms with Crippen molar-refractivity contribution in [3.63, 3.8) is 0 Å². The van der Waals surface area contributed by atoms with Crippen LogP contribution in [0.15, 0.2) is 36.4 Å². The van der Waals surface area contributed by atoms with Crippen LogP contribution in [0.1, 0.15) is 18.7 Å². The summed E-state index contributed by atoms with van der Waals surface area (Å²) in [5.74, 6) is -0.335. The van der Waals surface area contributed by atoms with Crippen molar-refractivity contribution in [3.8, 4) is 11.5 Å². The maximum Gasteiger partial charge on any atom is 0.453 e. The lowest BCUT2D eigenvalue weighted by Crippen LogP contribution is -2.38. The Labute approximate surface area is 169 Å². The first-order valence-electron chi connectivity index (χ1n) is 9.25. The van der Waals surface area contributed by atoms with E-state index in [1.807, 2.05) is 4.90 Å². The zero-order valence-corrected chi connectivity index (χ0v) is 16.0. The Kier molecular flexibility index (Phi) is 5.18. The maximum absolute atomic E-state index is 13.1. The van der Waals surface area contributed by atoms with E-state index in [1.165, 1.54) is 6.07 Å². The second kappa shape index (κ2) is 7.81. The number of hydrogen-bond acceptors (Lipinski definition) is 7. The van der Waals surface area contributed by atoms with Crippen molar-refractivity contribution < 1.29 is 27.4 Å². The summed E-state index contributed by atoms with van der Waals surface area (Å²) in [6, 6.07) is 9.75. The minimum absolute atomic E-state index is 0.0176. The molecule has 1 saturated heterocycles. The van der Waals surface area contributed by atoms with Crippen molar-refractivity contribution in [2.75, 3.05) is 25.1 Å². The first kappa shape index (κ1) is 19.9. The minimum Gasteiger partial charge on any atom is -0.497 e. The van der Waals surface area contributed by atoms with E-state index in [0.29, 0.717) is 47.8 Å². The van der Waals surface area contributed by atoms with E-state index in [1.54, 1.807) is 37.4 Å². The molecule has 1 aromatic carbocycles. The van der Waals surface area contributed by atoms with Crippen LogP contribution in [0.5, 0.6) is 11.5 Å². The van der Waals surface area contributed by atoms with Gasteiger partial charge >= 0.3 is 12.1 Å². The molecule has 2 aromatic heterocycles. The number of carbonyl (C=O) groups is 1. The largest absolute Gasteiger partial charge is 0.497 e. The Morgan fingerprint density at radius 2 is 1.70 bits per heavy atom. The second-order valence-electron chi connectivity index (χ2n) is 6.84. The van der Waals surface area contributed by atoms with E-state index < -0.39 is 12.0 Å². The number of piperidine rings is 1. The third-order valence-electron chi connectivity index (χ3n) is 4.93. The lowest BCUT2D eigenvalue weighted by Gasteiger charge is -2.31. The number of fused-ring (bicyclic) bond motifs is 1. The fourth-order valence-corrected chi connectivity index (χ4v) is 3.31. The van der Waals surface area contributed by atoms with Crippen molar-refractivity contribution in [2.24, 2.45) is 5.92 Å². The predicted octanol–water partition coefficient (Wildman–Crippen LogP) is 2.97. The highest BCUT2D eigenvalue weighted by Gasteiger charge is 2.38. The normalized spacial score (nSPS) is 15.4. The standard InChI is InChI=1S/C19H18F3N5O3/c1-29-13-2-4-14(5-3-13)30-17(28)12-8-10-26(11-9-12)16-7-6-15-23-24-18(19(20,21)22)27(15)25-16/h2-7,12H,8-11H2,1H3. The summed E-state index contributed by atoms with van der Waals surface area (Å²) in [6.45, 7) is 0.925. The van der Waals surface area contributed by atoms with Crippen molar-refractivity contribution in [2.45, 2.75) is 19.0 Å². The number of aromatic nitrogens is 4. The fourth-order valence-electron chi connectivity index (χ4n) is 3.31. The fraction of sp³-hybridized carbons (Fsp3) is 0.368. The molecule has 11 heteroatoms. The first-order chi connectivity index (χ1) is 14.3. The van der Waals surface area contributed by atoms with E-state index in [4.69, 9.17) is 9.47 Å². The van der Waals surface area contributed by atoms with Crippen LogP contribution in [-0.2, 0) is 11.0 Å². The van der Waals surface area contributed by atoms with Gasteiger partial charge in [-0.3, -0.25) is 4.79 Å². The van der Waals surface area contributed by atoms with E-state index >= 15 is 0 Å². The number of benzene rings is 1. The van der Waals surface area contributed by atoms with Gasteiger partial charge in [0.1, 0.15) is 17.3 Å². The van der Waals surface area contributed by atoms with Gasteiger partial charge in [0.05, 0.1) is 13.0 Å². The molecule has 8 nitrogen and oxygen atoms in total. The van der Waals surface area contributed by atoms with E-state index in [2.05, 4.69) is 15.3 Å². The minimum atomic E-state index is -4.65. The van der Waals surface area contributed by atoms with Gasteiger partial charge in [-0.05, 0) is 49.2 Å². The smallest absolute Gasteiger partial charge is 0.453 e. The molecule has 1 aliphatic rings. The van der Waals surface area contributed by atoms with Gasteiger partial charge < -0.3 is 14.4 Å². The van der Waals surface area contributed by atoms with Gasteiger partial charge in [0.15, 0.2) is 5.65 Å². The number of nitrogens with zero attached hydrogens (tertiary/aromatic N) is 5. The van der Waals surface area contributed by atoms with Crippen LogP contribution in [0.2, 0.25) is 0 Å². The van der Waals surface area contributed by atoms with Gasteiger partial charge in [-0.15, -0.1) is 15.3 Å². The molecule has 1 aliphatic heterocycles. The molecule has 0 aliphatic carbocycles. The molecular weight excluding hydrogens is 403 g/mol. The van der Waals surface area contributed by atoms with Gasteiger partial charge in [-0.25, -0.2) is 0 Å². The molecule has 0 spiro atoms. The third-order valence-corrected chi connectivity index (χ3v) is 4.93. The Morgan fingerprint density at radius 3 is 2.33 bits per heavy atom. The number of esters is 1. The van der Waals surface area contributed by atoms with Gasteiger partial charge in [-0.2, -0.15) is 17.7 Å². The van der Waals surface area contributed by atoms with Crippen molar-refractivity contribution >= 4 is 17.4 Å². The average Bonchev–Trinajstić information content (AvgIpc) is 3.18. The quantitative estimate of drug-likeness (QED) is 0.473. The Bertz CT molecular complexity index is 1040. The van der Waals surface area contributed by atoms with E-state index in [-0.39, 0.29) is 17.5 Å². The summed E-state index contributed by atoms with van der Waals surface area (Å²) in [5, 5.41) is 10.7. The zero-order valence-electron chi connectivity index (χ0n) is 16.0. The molecule has 0 atom stereocenters. The van der Waals surface area contributed by atoms with E-state index in [9.17, 15) is 18.0 Å². The monoisotopic (exact) mass is 421 g/mol. The molecule has 1 fully saturated rings. The number of ether oxygens (including phenoxy) is 2. The molecular formula is C19H18F3N5O3. The Hall–Kier alpha value is -3.37. The molecule has 0 bridgehead atoms. The lowest BCUT2D eigenvalue weighted by molar-refractivity contribution is -0.146. The summed E-state index contributed by atoms with van der Waals surface area (Å²) >= 11 is 0. The molecule has 30 heavy (non-hydrogen) atoms. The average molecular weight is 421 g/mol. The molecule has 0 N–H and O–H groups in total. The van der Waals surface area contributed by atoms with Gasteiger partial charge in [-0.1, -0.05) is 0 Å². The number of anilines is 1. The van der Waals surface area contributed by atoms with Crippen LogP contribution < -0.4 is 14.4 Å². The summed E-state index contributed by atoms with van der Waals surface area (Å²) in [7, 11) is 1.55. The number of alkyl halides is 3. The second-order valence-corrected chi connectivity index (χ2v) is 6.84. The topological polar surface area (TPSA) is 81.9 Å². The SMILES string of the molecule is COc1ccc(OC(=O)C2CCN(c3ccc4nnc(C(F)(F)F)n4n3)CC2)cc1. The Morgan fingerprint density at radius 1 is 1.03 bits per heavy atom. The van der Waals surface area contributed by atoms with Crippen molar-refractivity contribution in [3.05, 3.63) is 42.2 Å². The van der Waals surface area contributed by atoms with E-state index in [0.717, 1.165) is 0 Å². The highest BCUT2D eigenvalue weighted by atomic mass is 19.4. The molecule has 158 valence electrons. The van der Waals surface area contributed by atoms with Crippen LogP contribution in [0.3, 0.4) is 0 Å². The number of methoxy groups -OCH3 is 1. The summed E-state index contributed by atoms with van der Waals surface area (Å²) in [5.41, 5.74) is 0.0176. The molecule has 0 amide bonds. The molecule has 4 rings (SSSR count). The highest BCUT2D eigenvalue weighted by Crippen LogP contribution is 2.29. The number of carbonyl (C=O) groups excluding carboxylic acids is 1.